The highest BCUT2D eigenvalue weighted by molar-refractivity contribution is 6.31. The fraction of sp³-hybridized carbons (Fsp3) is 0.304. The van der Waals surface area contributed by atoms with Crippen molar-refractivity contribution in [1.82, 2.24) is 20.5 Å². The molecule has 1 fully saturated rings. The first-order valence-electron chi connectivity index (χ1n) is 10.5. The minimum atomic E-state index is -0.828. The number of aliphatic imine (C=N–C) groups is 1. The number of esters is 1. The number of nitrogens with zero attached hydrogens (tertiary/aromatic N) is 3. The Morgan fingerprint density at radius 1 is 1.30 bits per heavy atom. The van der Waals surface area contributed by atoms with Crippen LogP contribution in [-0.2, 0) is 14.3 Å². The van der Waals surface area contributed by atoms with Crippen molar-refractivity contribution >= 4 is 29.3 Å². The van der Waals surface area contributed by atoms with Gasteiger partial charge in [-0.15, -0.1) is 0 Å². The second-order valence-electron chi connectivity index (χ2n) is 7.65. The van der Waals surface area contributed by atoms with Crippen LogP contribution in [0.25, 0.3) is 0 Å². The van der Waals surface area contributed by atoms with E-state index in [1.54, 1.807) is 18.3 Å². The smallest absolute Gasteiger partial charge is 0.338 e. The number of nitrogens with one attached hydrogen (secondary N) is 2. The third kappa shape index (κ3) is 5.20. The molecule has 1 aromatic heterocycles. The van der Waals surface area contributed by atoms with Crippen molar-refractivity contribution in [1.29, 1.82) is 0 Å². The van der Waals surface area contributed by atoms with Gasteiger partial charge in [0.2, 0.25) is 5.91 Å². The van der Waals surface area contributed by atoms with E-state index in [2.05, 4.69) is 20.5 Å². The zero-order valence-electron chi connectivity index (χ0n) is 18.0. The maximum Gasteiger partial charge on any atom is 0.338 e. The maximum atomic E-state index is 13.7. The van der Waals surface area contributed by atoms with Crippen molar-refractivity contribution in [3.63, 3.8) is 0 Å². The van der Waals surface area contributed by atoms with Gasteiger partial charge >= 0.3 is 5.97 Å². The summed E-state index contributed by atoms with van der Waals surface area (Å²) in [6.07, 6.45) is 2.00. The number of pyridine rings is 1. The number of hydrogen-bond acceptors (Lipinski definition) is 7. The van der Waals surface area contributed by atoms with Crippen molar-refractivity contribution in [3.05, 3.63) is 76.0 Å². The van der Waals surface area contributed by atoms with Crippen LogP contribution in [0, 0.1) is 5.82 Å². The maximum absolute atomic E-state index is 13.7. The molecule has 2 N–H and O–H groups in total. The molecule has 1 amide bonds. The van der Waals surface area contributed by atoms with Gasteiger partial charge in [0.05, 0.1) is 12.7 Å². The number of aromatic nitrogens is 1. The van der Waals surface area contributed by atoms with E-state index in [0.717, 1.165) is 0 Å². The lowest BCUT2D eigenvalue weighted by atomic mass is 9.95. The zero-order chi connectivity index (χ0) is 23.4. The largest absolute Gasteiger partial charge is 0.466 e. The summed E-state index contributed by atoms with van der Waals surface area (Å²) in [5.41, 5.74) is 1.89. The molecule has 1 saturated heterocycles. The third-order valence-electron chi connectivity index (χ3n) is 5.48. The van der Waals surface area contributed by atoms with Crippen LogP contribution in [-0.4, -0.2) is 60.9 Å². The lowest BCUT2D eigenvalue weighted by molar-refractivity contribution is -0.136. The van der Waals surface area contributed by atoms with Gasteiger partial charge in [-0.3, -0.25) is 19.7 Å². The molecule has 0 bridgehead atoms. The van der Waals surface area contributed by atoms with Crippen LogP contribution in [0.5, 0.6) is 0 Å². The molecule has 4 rings (SSSR count). The number of carbonyl (C=O) groups is 2. The van der Waals surface area contributed by atoms with E-state index in [0.29, 0.717) is 55.4 Å². The van der Waals surface area contributed by atoms with Crippen molar-refractivity contribution in [2.24, 2.45) is 4.99 Å². The first kappa shape index (κ1) is 22.9. The summed E-state index contributed by atoms with van der Waals surface area (Å²) in [7, 11) is 1.29. The standard InChI is InChI=1S/C23H23ClFN5O3/c1-33-23(32)20-18(13-30-10-7-19(31)27-9-11-30)28-22(17-4-2-3-8-26-17)29-21(20)15-6-5-14(25)12-16(15)24/h2-6,8,12,21H,7,9-11,13H2,1H3,(H,27,31)(H,28,29). The van der Waals surface area contributed by atoms with E-state index in [1.165, 1.54) is 25.3 Å². The van der Waals surface area contributed by atoms with E-state index in [1.807, 2.05) is 6.07 Å². The SMILES string of the molecule is COC(=O)C1=C(CN2CCNC(=O)CC2)NC(c2ccccn2)=NC1c1ccc(F)cc1Cl. The molecule has 10 heteroatoms. The summed E-state index contributed by atoms with van der Waals surface area (Å²) >= 11 is 6.37. The molecule has 1 aromatic carbocycles. The Morgan fingerprint density at radius 3 is 2.88 bits per heavy atom. The highest BCUT2D eigenvalue weighted by Crippen LogP contribution is 2.36. The summed E-state index contributed by atoms with van der Waals surface area (Å²) in [6, 6.07) is 8.57. The number of carbonyl (C=O) groups excluding carboxylic acids is 2. The van der Waals surface area contributed by atoms with E-state index >= 15 is 0 Å². The second-order valence-corrected chi connectivity index (χ2v) is 8.05. The van der Waals surface area contributed by atoms with Crippen LogP contribution in [0.15, 0.2) is 58.9 Å². The number of rotatable bonds is 5. The van der Waals surface area contributed by atoms with Gasteiger partial charge in [0, 0.05) is 55.1 Å². The Labute approximate surface area is 195 Å². The third-order valence-corrected chi connectivity index (χ3v) is 5.81. The van der Waals surface area contributed by atoms with Crippen molar-refractivity contribution in [3.8, 4) is 0 Å². The van der Waals surface area contributed by atoms with Crippen LogP contribution >= 0.6 is 11.6 Å². The van der Waals surface area contributed by atoms with Crippen molar-refractivity contribution in [2.75, 3.05) is 33.3 Å². The van der Waals surface area contributed by atoms with Gasteiger partial charge in [0.25, 0.3) is 0 Å². The zero-order valence-corrected chi connectivity index (χ0v) is 18.7. The molecule has 8 nitrogen and oxygen atoms in total. The molecular formula is C23H23ClFN5O3. The summed E-state index contributed by atoms with van der Waals surface area (Å²) in [6.45, 7) is 2.00. The van der Waals surface area contributed by atoms with Crippen LogP contribution < -0.4 is 10.6 Å². The van der Waals surface area contributed by atoms with Crippen LogP contribution in [0.2, 0.25) is 5.02 Å². The molecule has 3 heterocycles. The topological polar surface area (TPSA) is 95.9 Å². The quantitative estimate of drug-likeness (QED) is 0.649. The van der Waals surface area contributed by atoms with Crippen molar-refractivity contribution < 1.29 is 18.7 Å². The highest BCUT2D eigenvalue weighted by Gasteiger charge is 2.34. The Bertz CT molecular complexity index is 1120. The Kier molecular flexibility index (Phi) is 7.00. The summed E-state index contributed by atoms with van der Waals surface area (Å²) < 4.78 is 18.8. The van der Waals surface area contributed by atoms with E-state index in [9.17, 15) is 14.0 Å². The second kappa shape index (κ2) is 10.1. The van der Waals surface area contributed by atoms with Crippen molar-refractivity contribution in [2.45, 2.75) is 12.5 Å². The predicted molar refractivity (Wildman–Crippen MR) is 121 cm³/mol. The molecular weight excluding hydrogens is 449 g/mol. The summed E-state index contributed by atoms with van der Waals surface area (Å²) in [5, 5.41) is 6.24. The molecule has 2 aliphatic heterocycles. The molecule has 0 aliphatic carbocycles. The molecule has 1 atom stereocenters. The first-order valence-corrected chi connectivity index (χ1v) is 10.9. The molecule has 2 aromatic rings. The average molecular weight is 472 g/mol. The van der Waals surface area contributed by atoms with Gasteiger partial charge in [-0.2, -0.15) is 0 Å². The Morgan fingerprint density at radius 2 is 2.15 bits per heavy atom. The van der Waals surface area contributed by atoms with Gasteiger partial charge in [-0.05, 0) is 24.3 Å². The number of amidine groups is 1. The number of methoxy groups -OCH3 is 1. The van der Waals surface area contributed by atoms with Gasteiger partial charge < -0.3 is 15.4 Å². The van der Waals surface area contributed by atoms with Gasteiger partial charge in [0.1, 0.15) is 17.6 Å². The molecule has 1 unspecified atom stereocenters. The Hall–Kier alpha value is -3.30. The monoisotopic (exact) mass is 471 g/mol. The Balaban J connectivity index is 1.80. The van der Waals surface area contributed by atoms with Gasteiger partial charge in [0.15, 0.2) is 5.84 Å². The van der Waals surface area contributed by atoms with Crippen LogP contribution in [0.4, 0.5) is 4.39 Å². The minimum absolute atomic E-state index is 0.0111. The predicted octanol–water partition coefficient (Wildman–Crippen LogP) is 2.21. The minimum Gasteiger partial charge on any atom is -0.466 e. The van der Waals surface area contributed by atoms with E-state index in [-0.39, 0.29) is 16.5 Å². The number of benzene rings is 1. The number of hydrogen-bond donors (Lipinski definition) is 2. The van der Waals surface area contributed by atoms with Gasteiger partial charge in [-0.25, -0.2) is 9.18 Å². The number of halogens is 2. The van der Waals surface area contributed by atoms with Gasteiger partial charge in [-0.1, -0.05) is 23.7 Å². The molecule has 0 radical (unpaired) electrons. The first-order chi connectivity index (χ1) is 16.0. The number of amides is 1. The molecule has 33 heavy (non-hydrogen) atoms. The summed E-state index contributed by atoms with van der Waals surface area (Å²) in [5.74, 6) is -0.622. The molecule has 172 valence electrons. The molecule has 0 saturated carbocycles. The van der Waals surface area contributed by atoms with E-state index < -0.39 is 17.8 Å². The number of ether oxygens (including phenoxy) is 1. The van der Waals surface area contributed by atoms with E-state index in [4.69, 9.17) is 21.3 Å². The average Bonchev–Trinajstić information content (AvgIpc) is 3.02. The summed E-state index contributed by atoms with van der Waals surface area (Å²) in [4.78, 5) is 35.9. The molecule has 2 aliphatic rings. The fourth-order valence-electron chi connectivity index (χ4n) is 3.85. The van der Waals surface area contributed by atoms with Crippen LogP contribution in [0.1, 0.15) is 23.7 Å². The highest BCUT2D eigenvalue weighted by atomic mass is 35.5. The van der Waals surface area contributed by atoms with Crippen LogP contribution in [0.3, 0.4) is 0 Å². The normalized spacial score (nSPS) is 19.3. The molecule has 0 spiro atoms. The lowest BCUT2D eigenvalue weighted by Crippen LogP contribution is -2.40. The lowest BCUT2D eigenvalue weighted by Gasteiger charge is -2.30. The fourth-order valence-corrected chi connectivity index (χ4v) is 4.12.